The Kier molecular flexibility index (Phi) is 7.72. The maximum atomic E-state index is 12.0. The van der Waals surface area contributed by atoms with E-state index in [2.05, 4.69) is 17.1 Å². The van der Waals surface area contributed by atoms with Gasteiger partial charge in [0, 0.05) is 19.1 Å². The van der Waals surface area contributed by atoms with Crippen LogP contribution in [-0.4, -0.2) is 36.5 Å². The minimum absolute atomic E-state index is 0. The molecule has 4 nitrogen and oxygen atoms in total. The van der Waals surface area contributed by atoms with E-state index in [-0.39, 0.29) is 24.4 Å². The SMILES string of the molecule is CC(N)C1CCCN(CC(=O)NCc2ccccc2)C1.Cl. The number of rotatable bonds is 5. The second-order valence-electron chi connectivity index (χ2n) is 5.76. The van der Waals surface area contributed by atoms with Gasteiger partial charge in [-0.25, -0.2) is 0 Å². The normalized spacial score (nSPS) is 20.4. The van der Waals surface area contributed by atoms with Crippen molar-refractivity contribution in [1.29, 1.82) is 0 Å². The third-order valence-electron chi connectivity index (χ3n) is 3.99. The van der Waals surface area contributed by atoms with Crippen LogP contribution in [0.5, 0.6) is 0 Å². The summed E-state index contributed by atoms with van der Waals surface area (Å²) in [5, 5.41) is 2.98. The van der Waals surface area contributed by atoms with Crippen molar-refractivity contribution in [2.45, 2.75) is 32.4 Å². The molecule has 1 amide bonds. The van der Waals surface area contributed by atoms with Gasteiger partial charge >= 0.3 is 0 Å². The van der Waals surface area contributed by atoms with E-state index in [0.29, 0.717) is 19.0 Å². The predicted molar refractivity (Wildman–Crippen MR) is 88.4 cm³/mol. The van der Waals surface area contributed by atoms with Crippen LogP contribution in [-0.2, 0) is 11.3 Å². The van der Waals surface area contributed by atoms with Crippen molar-refractivity contribution in [1.82, 2.24) is 10.2 Å². The van der Waals surface area contributed by atoms with Crippen molar-refractivity contribution in [2.75, 3.05) is 19.6 Å². The number of halogens is 1. The van der Waals surface area contributed by atoms with Crippen molar-refractivity contribution >= 4 is 18.3 Å². The number of carbonyl (C=O) groups is 1. The summed E-state index contributed by atoms with van der Waals surface area (Å²) in [6, 6.07) is 10.2. The van der Waals surface area contributed by atoms with Gasteiger partial charge in [-0.05, 0) is 37.8 Å². The molecule has 1 aromatic rings. The summed E-state index contributed by atoms with van der Waals surface area (Å²) >= 11 is 0. The highest BCUT2D eigenvalue weighted by Gasteiger charge is 2.23. The quantitative estimate of drug-likeness (QED) is 0.871. The molecule has 2 rings (SSSR count). The maximum Gasteiger partial charge on any atom is 0.234 e. The van der Waals surface area contributed by atoms with Crippen molar-refractivity contribution in [2.24, 2.45) is 11.7 Å². The van der Waals surface area contributed by atoms with Gasteiger partial charge in [-0.3, -0.25) is 9.69 Å². The van der Waals surface area contributed by atoms with E-state index < -0.39 is 0 Å². The highest BCUT2D eigenvalue weighted by atomic mass is 35.5. The Labute approximate surface area is 133 Å². The Bertz CT molecular complexity index is 425. The fourth-order valence-electron chi connectivity index (χ4n) is 2.72. The maximum absolute atomic E-state index is 12.0. The number of nitrogens with two attached hydrogens (primary N) is 1. The lowest BCUT2D eigenvalue weighted by atomic mass is 9.92. The van der Waals surface area contributed by atoms with Crippen LogP contribution >= 0.6 is 12.4 Å². The zero-order chi connectivity index (χ0) is 14.4. The zero-order valence-corrected chi connectivity index (χ0v) is 13.4. The first-order chi connectivity index (χ1) is 9.65. The minimum Gasteiger partial charge on any atom is -0.351 e. The van der Waals surface area contributed by atoms with Gasteiger partial charge in [0.25, 0.3) is 0 Å². The average Bonchev–Trinajstić information content (AvgIpc) is 2.46. The van der Waals surface area contributed by atoms with E-state index in [1.54, 1.807) is 0 Å². The van der Waals surface area contributed by atoms with Gasteiger partial charge in [0.05, 0.1) is 6.54 Å². The molecule has 1 aliphatic rings. The second kappa shape index (κ2) is 9.03. The van der Waals surface area contributed by atoms with E-state index in [1.807, 2.05) is 30.3 Å². The third kappa shape index (κ3) is 6.04. The Morgan fingerprint density at radius 2 is 2.14 bits per heavy atom. The lowest BCUT2D eigenvalue weighted by Gasteiger charge is -2.34. The first kappa shape index (κ1) is 18.0. The molecule has 1 aromatic carbocycles. The lowest BCUT2D eigenvalue weighted by molar-refractivity contribution is -0.122. The molecule has 0 radical (unpaired) electrons. The molecular weight excluding hydrogens is 286 g/mol. The number of benzene rings is 1. The van der Waals surface area contributed by atoms with E-state index in [4.69, 9.17) is 5.73 Å². The minimum atomic E-state index is 0. The van der Waals surface area contributed by atoms with E-state index in [0.717, 1.165) is 25.1 Å². The van der Waals surface area contributed by atoms with Crippen LogP contribution in [0.4, 0.5) is 0 Å². The van der Waals surface area contributed by atoms with Crippen LogP contribution in [0.1, 0.15) is 25.3 Å². The van der Waals surface area contributed by atoms with Gasteiger partial charge in [0.2, 0.25) is 5.91 Å². The van der Waals surface area contributed by atoms with Crippen LogP contribution in [0.15, 0.2) is 30.3 Å². The summed E-state index contributed by atoms with van der Waals surface area (Å²) in [5.41, 5.74) is 7.10. The number of piperidine rings is 1. The van der Waals surface area contributed by atoms with Crippen LogP contribution < -0.4 is 11.1 Å². The molecule has 1 saturated heterocycles. The standard InChI is InChI=1S/C16H25N3O.ClH/c1-13(17)15-8-5-9-19(11-15)12-16(20)18-10-14-6-3-2-4-7-14;/h2-4,6-7,13,15H,5,8-12,17H2,1H3,(H,18,20);1H. The first-order valence-electron chi connectivity index (χ1n) is 7.43. The highest BCUT2D eigenvalue weighted by Crippen LogP contribution is 2.18. The zero-order valence-electron chi connectivity index (χ0n) is 12.6. The van der Waals surface area contributed by atoms with Gasteiger partial charge in [-0.2, -0.15) is 0 Å². The Morgan fingerprint density at radius 3 is 2.81 bits per heavy atom. The van der Waals surface area contributed by atoms with E-state index >= 15 is 0 Å². The predicted octanol–water partition coefficient (Wildman–Crippen LogP) is 1.78. The fraction of sp³-hybridized carbons (Fsp3) is 0.562. The topological polar surface area (TPSA) is 58.4 Å². The van der Waals surface area contributed by atoms with Crippen molar-refractivity contribution in [3.8, 4) is 0 Å². The monoisotopic (exact) mass is 311 g/mol. The molecule has 0 saturated carbocycles. The molecule has 0 spiro atoms. The Hall–Kier alpha value is -1.10. The molecule has 2 unspecified atom stereocenters. The third-order valence-corrected chi connectivity index (χ3v) is 3.99. The van der Waals surface area contributed by atoms with Crippen molar-refractivity contribution < 1.29 is 4.79 Å². The first-order valence-corrected chi connectivity index (χ1v) is 7.43. The van der Waals surface area contributed by atoms with E-state index in [9.17, 15) is 4.79 Å². The number of hydrogen-bond acceptors (Lipinski definition) is 3. The van der Waals surface area contributed by atoms with Gasteiger partial charge in [0.15, 0.2) is 0 Å². The summed E-state index contributed by atoms with van der Waals surface area (Å²) in [6.07, 6.45) is 2.32. The van der Waals surface area contributed by atoms with Gasteiger partial charge in [0.1, 0.15) is 0 Å². The summed E-state index contributed by atoms with van der Waals surface area (Å²) in [5.74, 6) is 0.616. The van der Waals surface area contributed by atoms with Gasteiger partial charge in [-0.15, -0.1) is 12.4 Å². The lowest BCUT2D eigenvalue weighted by Crippen LogP contribution is -2.46. The molecule has 3 N–H and O–H groups in total. The molecule has 0 bridgehead atoms. The molecule has 0 aliphatic carbocycles. The molecule has 1 fully saturated rings. The van der Waals surface area contributed by atoms with Crippen molar-refractivity contribution in [3.05, 3.63) is 35.9 Å². The van der Waals surface area contributed by atoms with Crippen molar-refractivity contribution in [3.63, 3.8) is 0 Å². The Balaban J connectivity index is 0.00000220. The number of nitrogens with zero attached hydrogens (tertiary/aromatic N) is 1. The summed E-state index contributed by atoms with van der Waals surface area (Å²) in [4.78, 5) is 14.2. The molecule has 118 valence electrons. The molecule has 21 heavy (non-hydrogen) atoms. The van der Waals surface area contributed by atoms with Crippen LogP contribution in [0.3, 0.4) is 0 Å². The molecular formula is C16H26ClN3O. The number of nitrogens with one attached hydrogen (secondary N) is 1. The molecule has 1 aliphatic heterocycles. The fourth-order valence-corrected chi connectivity index (χ4v) is 2.72. The van der Waals surface area contributed by atoms with Crippen LogP contribution in [0.2, 0.25) is 0 Å². The summed E-state index contributed by atoms with van der Waals surface area (Å²) in [6.45, 7) is 5.09. The average molecular weight is 312 g/mol. The number of amides is 1. The molecule has 2 atom stereocenters. The van der Waals surface area contributed by atoms with E-state index in [1.165, 1.54) is 6.42 Å². The largest absolute Gasteiger partial charge is 0.351 e. The smallest absolute Gasteiger partial charge is 0.234 e. The van der Waals surface area contributed by atoms with Gasteiger partial charge < -0.3 is 11.1 Å². The number of carbonyl (C=O) groups excluding carboxylic acids is 1. The molecule has 5 heteroatoms. The number of likely N-dealkylation sites (tertiary alicyclic amines) is 1. The molecule has 1 heterocycles. The number of hydrogen-bond donors (Lipinski definition) is 2. The van der Waals surface area contributed by atoms with Crippen LogP contribution in [0.25, 0.3) is 0 Å². The van der Waals surface area contributed by atoms with Crippen LogP contribution in [0, 0.1) is 5.92 Å². The summed E-state index contributed by atoms with van der Waals surface area (Å²) < 4.78 is 0. The highest BCUT2D eigenvalue weighted by molar-refractivity contribution is 5.85. The Morgan fingerprint density at radius 1 is 1.43 bits per heavy atom. The second-order valence-corrected chi connectivity index (χ2v) is 5.76. The summed E-state index contributed by atoms with van der Waals surface area (Å²) in [7, 11) is 0. The van der Waals surface area contributed by atoms with Gasteiger partial charge in [-0.1, -0.05) is 30.3 Å². The molecule has 0 aromatic heterocycles.